The summed E-state index contributed by atoms with van der Waals surface area (Å²) in [6.45, 7) is 0.810. The monoisotopic (exact) mass is 375 g/mol. The van der Waals surface area contributed by atoms with Gasteiger partial charge in [0, 0.05) is 13.2 Å². The van der Waals surface area contributed by atoms with E-state index in [0.29, 0.717) is 36.3 Å². The Hall–Kier alpha value is -3.33. The van der Waals surface area contributed by atoms with E-state index in [4.69, 9.17) is 18.9 Å². The number of pyridine rings is 1. The van der Waals surface area contributed by atoms with Gasteiger partial charge in [0.05, 0.1) is 32.7 Å². The van der Waals surface area contributed by atoms with Crippen LogP contribution in [0, 0.1) is 0 Å². The highest BCUT2D eigenvalue weighted by atomic mass is 16.5. The molecule has 3 amide bonds. The molecular weight excluding hydrogens is 354 g/mol. The molecule has 0 aliphatic rings. The van der Waals surface area contributed by atoms with Crippen molar-refractivity contribution in [3.63, 3.8) is 0 Å². The van der Waals surface area contributed by atoms with Crippen molar-refractivity contribution < 1.29 is 28.5 Å². The molecule has 0 saturated heterocycles. The number of carbonyl (C=O) groups excluding carboxylic acids is 2. The smallest absolute Gasteiger partial charge is 0.326 e. The van der Waals surface area contributed by atoms with Crippen LogP contribution in [0.2, 0.25) is 0 Å². The first kappa shape index (κ1) is 20.0. The summed E-state index contributed by atoms with van der Waals surface area (Å²) in [5.74, 6) is 0.319. The van der Waals surface area contributed by atoms with Crippen LogP contribution >= 0.6 is 0 Å². The van der Waals surface area contributed by atoms with Crippen LogP contribution in [0.15, 0.2) is 36.5 Å². The van der Waals surface area contributed by atoms with E-state index in [0.717, 1.165) is 0 Å². The van der Waals surface area contributed by atoms with Gasteiger partial charge in [0.25, 0.3) is 5.91 Å². The summed E-state index contributed by atoms with van der Waals surface area (Å²) in [5, 5.41) is 4.74. The minimum atomic E-state index is -0.720. The number of nitrogens with zero attached hydrogens (tertiary/aromatic N) is 1. The standard InChI is InChI=1S/C18H21N3O6/c1-24-9-10-27-15-8-7-12(11-19-15)20-18(23)21-17(22)16-13(25-2)5-4-6-14(16)26-3/h4-8,11H,9-10H2,1-3H3,(H2,20,21,22,23). The molecule has 0 bridgehead atoms. The second kappa shape index (κ2) is 9.97. The molecule has 2 rings (SSSR count). The Morgan fingerprint density at radius 3 is 2.26 bits per heavy atom. The van der Waals surface area contributed by atoms with Gasteiger partial charge in [-0.1, -0.05) is 6.07 Å². The lowest BCUT2D eigenvalue weighted by Crippen LogP contribution is -2.34. The van der Waals surface area contributed by atoms with Crippen molar-refractivity contribution in [2.24, 2.45) is 0 Å². The van der Waals surface area contributed by atoms with E-state index in [-0.39, 0.29) is 5.56 Å². The second-order valence-electron chi connectivity index (χ2n) is 5.17. The van der Waals surface area contributed by atoms with E-state index in [1.165, 1.54) is 20.4 Å². The van der Waals surface area contributed by atoms with Crippen molar-refractivity contribution in [3.8, 4) is 17.4 Å². The number of carbonyl (C=O) groups is 2. The maximum absolute atomic E-state index is 12.4. The average Bonchev–Trinajstić information content (AvgIpc) is 2.68. The number of aromatic nitrogens is 1. The van der Waals surface area contributed by atoms with Gasteiger partial charge in [0.1, 0.15) is 23.7 Å². The van der Waals surface area contributed by atoms with E-state index >= 15 is 0 Å². The maximum atomic E-state index is 12.4. The predicted molar refractivity (Wildman–Crippen MR) is 97.6 cm³/mol. The molecule has 2 aromatic rings. The van der Waals surface area contributed by atoms with Gasteiger partial charge < -0.3 is 24.3 Å². The second-order valence-corrected chi connectivity index (χ2v) is 5.17. The highest BCUT2D eigenvalue weighted by molar-refractivity contribution is 6.10. The highest BCUT2D eigenvalue weighted by Gasteiger charge is 2.20. The van der Waals surface area contributed by atoms with Gasteiger partial charge in [-0.3, -0.25) is 10.1 Å². The lowest BCUT2D eigenvalue weighted by atomic mass is 10.1. The molecule has 0 aliphatic carbocycles. The van der Waals surface area contributed by atoms with Gasteiger partial charge in [-0.2, -0.15) is 0 Å². The first-order valence-electron chi connectivity index (χ1n) is 8.00. The van der Waals surface area contributed by atoms with E-state index < -0.39 is 11.9 Å². The van der Waals surface area contributed by atoms with Crippen molar-refractivity contribution in [2.45, 2.75) is 0 Å². The fraction of sp³-hybridized carbons (Fsp3) is 0.278. The van der Waals surface area contributed by atoms with Crippen LogP contribution in [0.5, 0.6) is 17.4 Å². The number of hydrogen-bond donors (Lipinski definition) is 2. The molecule has 1 aromatic heterocycles. The van der Waals surface area contributed by atoms with Crippen molar-refractivity contribution in [2.75, 3.05) is 39.9 Å². The summed E-state index contributed by atoms with van der Waals surface area (Å²) < 4.78 is 20.5. The molecule has 144 valence electrons. The van der Waals surface area contributed by atoms with Crippen LogP contribution in [-0.4, -0.2) is 51.5 Å². The zero-order valence-electron chi connectivity index (χ0n) is 15.3. The fourth-order valence-electron chi connectivity index (χ4n) is 2.17. The fourth-order valence-corrected chi connectivity index (χ4v) is 2.17. The molecule has 1 aromatic carbocycles. The Labute approximate surface area is 156 Å². The molecule has 0 saturated carbocycles. The summed E-state index contributed by atoms with van der Waals surface area (Å²) in [7, 11) is 4.42. The third kappa shape index (κ3) is 5.58. The molecule has 9 heteroatoms. The van der Waals surface area contributed by atoms with Crippen LogP contribution in [0.25, 0.3) is 0 Å². The minimum absolute atomic E-state index is 0.123. The van der Waals surface area contributed by atoms with E-state index in [1.807, 2.05) is 0 Å². The zero-order chi connectivity index (χ0) is 19.6. The topological polar surface area (TPSA) is 108 Å². The summed E-state index contributed by atoms with van der Waals surface area (Å²) in [5.41, 5.74) is 0.518. The van der Waals surface area contributed by atoms with Crippen molar-refractivity contribution in [1.29, 1.82) is 0 Å². The average molecular weight is 375 g/mol. The van der Waals surface area contributed by atoms with Gasteiger partial charge in [-0.05, 0) is 18.2 Å². The zero-order valence-corrected chi connectivity index (χ0v) is 15.3. The van der Waals surface area contributed by atoms with Gasteiger partial charge in [0.2, 0.25) is 5.88 Å². The Kier molecular flexibility index (Phi) is 7.38. The van der Waals surface area contributed by atoms with Crippen molar-refractivity contribution in [3.05, 3.63) is 42.1 Å². The van der Waals surface area contributed by atoms with Crippen LogP contribution < -0.4 is 24.8 Å². The lowest BCUT2D eigenvalue weighted by molar-refractivity contribution is 0.0961. The molecule has 27 heavy (non-hydrogen) atoms. The highest BCUT2D eigenvalue weighted by Crippen LogP contribution is 2.27. The number of methoxy groups -OCH3 is 3. The molecule has 0 aliphatic heterocycles. The van der Waals surface area contributed by atoms with E-state index in [2.05, 4.69) is 15.6 Å². The number of hydrogen-bond acceptors (Lipinski definition) is 7. The Bertz CT molecular complexity index is 757. The van der Waals surface area contributed by atoms with Gasteiger partial charge >= 0.3 is 6.03 Å². The quantitative estimate of drug-likeness (QED) is 0.680. The van der Waals surface area contributed by atoms with Crippen LogP contribution in [0.4, 0.5) is 10.5 Å². The van der Waals surface area contributed by atoms with E-state index in [9.17, 15) is 9.59 Å². The molecule has 0 atom stereocenters. The minimum Gasteiger partial charge on any atom is -0.496 e. The third-order valence-electron chi connectivity index (χ3n) is 3.41. The first-order valence-corrected chi connectivity index (χ1v) is 8.00. The molecule has 0 radical (unpaired) electrons. The molecular formula is C18H21N3O6. The summed E-state index contributed by atoms with van der Waals surface area (Å²) in [6.07, 6.45) is 1.41. The number of imide groups is 1. The summed E-state index contributed by atoms with van der Waals surface area (Å²) in [4.78, 5) is 28.6. The number of ether oxygens (including phenoxy) is 4. The number of amides is 3. The van der Waals surface area contributed by atoms with Crippen LogP contribution in [0.1, 0.15) is 10.4 Å². The molecule has 0 unspecified atom stereocenters. The van der Waals surface area contributed by atoms with Gasteiger partial charge in [0.15, 0.2) is 0 Å². The largest absolute Gasteiger partial charge is 0.496 e. The Morgan fingerprint density at radius 1 is 1.00 bits per heavy atom. The van der Waals surface area contributed by atoms with E-state index in [1.54, 1.807) is 37.4 Å². The SMILES string of the molecule is COCCOc1ccc(NC(=O)NC(=O)c2c(OC)cccc2OC)cn1. The molecule has 0 fully saturated rings. The van der Waals surface area contributed by atoms with Crippen molar-refractivity contribution >= 4 is 17.6 Å². The summed E-state index contributed by atoms with van der Waals surface area (Å²) in [6, 6.07) is 7.35. The normalized spacial score (nSPS) is 10.0. The molecule has 9 nitrogen and oxygen atoms in total. The first-order chi connectivity index (χ1) is 13.1. The number of anilines is 1. The van der Waals surface area contributed by atoms with Gasteiger partial charge in [-0.25, -0.2) is 9.78 Å². The maximum Gasteiger partial charge on any atom is 0.326 e. The van der Waals surface area contributed by atoms with Gasteiger partial charge in [-0.15, -0.1) is 0 Å². The van der Waals surface area contributed by atoms with Crippen molar-refractivity contribution in [1.82, 2.24) is 10.3 Å². The number of rotatable bonds is 8. The lowest BCUT2D eigenvalue weighted by Gasteiger charge is -2.13. The molecule has 1 heterocycles. The van der Waals surface area contributed by atoms with Crippen LogP contribution in [0.3, 0.4) is 0 Å². The number of urea groups is 1. The molecule has 0 spiro atoms. The third-order valence-corrected chi connectivity index (χ3v) is 3.41. The Morgan fingerprint density at radius 2 is 1.70 bits per heavy atom. The predicted octanol–water partition coefficient (Wildman–Crippen LogP) is 2.09. The van der Waals surface area contributed by atoms with Crippen LogP contribution in [-0.2, 0) is 4.74 Å². The number of benzene rings is 1. The summed E-state index contributed by atoms with van der Waals surface area (Å²) >= 11 is 0. The molecule has 2 N–H and O–H groups in total. The number of nitrogens with one attached hydrogen (secondary N) is 2. The Balaban J connectivity index is 1.98.